The van der Waals surface area contributed by atoms with Crippen LogP contribution < -0.4 is 10.9 Å². The van der Waals surface area contributed by atoms with Crippen molar-refractivity contribution in [2.45, 2.75) is 25.4 Å². The van der Waals surface area contributed by atoms with Crippen LogP contribution in [0.3, 0.4) is 0 Å². The van der Waals surface area contributed by atoms with Crippen LogP contribution in [0.2, 0.25) is 0 Å². The molecule has 112 valence electrons. The average Bonchev–Trinajstić information content (AvgIpc) is 2.47. The van der Waals surface area contributed by atoms with Crippen molar-refractivity contribution >= 4 is 26.9 Å². The average molecular weight is 351 g/mol. The summed E-state index contributed by atoms with van der Waals surface area (Å²) in [5.41, 5.74) is 1.38. The summed E-state index contributed by atoms with van der Waals surface area (Å²) in [7, 11) is 2.12. The van der Waals surface area contributed by atoms with Crippen molar-refractivity contribution in [3.8, 4) is 0 Å². The molecule has 3 rings (SSSR count). The highest BCUT2D eigenvalue weighted by molar-refractivity contribution is 9.10. The summed E-state index contributed by atoms with van der Waals surface area (Å²) < 4.78 is 6.21. The Morgan fingerprint density at radius 3 is 3.05 bits per heavy atom. The van der Waals surface area contributed by atoms with Gasteiger partial charge < -0.3 is 9.73 Å². The van der Waals surface area contributed by atoms with E-state index in [1.54, 1.807) is 6.07 Å². The van der Waals surface area contributed by atoms with E-state index in [4.69, 9.17) is 4.42 Å². The Balaban J connectivity index is 1.90. The van der Waals surface area contributed by atoms with Crippen LogP contribution in [-0.4, -0.2) is 31.1 Å². The van der Waals surface area contributed by atoms with Gasteiger partial charge in [0.1, 0.15) is 5.58 Å². The molecule has 1 fully saturated rings. The normalized spacial score (nSPS) is 19.3. The van der Waals surface area contributed by atoms with Crippen molar-refractivity contribution in [1.29, 1.82) is 0 Å². The number of rotatable bonds is 3. The molecule has 1 atom stereocenters. The third-order valence-electron chi connectivity index (χ3n) is 4.11. The molecule has 0 spiro atoms. The van der Waals surface area contributed by atoms with E-state index in [1.807, 2.05) is 18.2 Å². The van der Waals surface area contributed by atoms with Gasteiger partial charge in [0.05, 0.1) is 0 Å². The first kappa shape index (κ1) is 14.8. The molecule has 1 unspecified atom stereocenters. The number of halogens is 1. The molecule has 2 aromatic rings. The highest BCUT2D eigenvalue weighted by atomic mass is 79.9. The molecule has 0 saturated carbocycles. The van der Waals surface area contributed by atoms with E-state index in [-0.39, 0.29) is 5.63 Å². The van der Waals surface area contributed by atoms with Crippen LogP contribution >= 0.6 is 15.9 Å². The van der Waals surface area contributed by atoms with Crippen LogP contribution in [-0.2, 0) is 6.54 Å². The number of hydrogen-bond acceptors (Lipinski definition) is 4. The van der Waals surface area contributed by atoms with Gasteiger partial charge in [0.15, 0.2) is 0 Å². The first-order chi connectivity index (χ1) is 10.1. The summed E-state index contributed by atoms with van der Waals surface area (Å²) in [6.07, 6.45) is 2.41. The quantitative estimate of drug-likeness (QED) is 0.864. The second-order valence-electron chi connectivity index (χ2n) is 5.65. The molecule has 5 heteroatoms. The smallest absolute Gasteiger partial charge is 0.336 e. The fourth-order valence-electron chi connectivity index (χ4n) is 2.94. The monoisotopic (exact) mass is 350 g/mol. The molecule has 1 N–H and O–H groups in total. The minimum Gasteiger partial charge on any atom is -0.423 e. The summed E-state index contributed by atoms with van der Waals surface area (Å²) in [5, 5.41) is 4.44. The van der Waals surface area contributed by atoms with Crippen molar-refractivity contribution in [1.82, 2.24) is 10.2 Å². The van der Waals surface area contributed by atoms with Gasteiger partial charge >= 0.3 is 5.63 Å². The van der Waals surface area contributed by atoms with Gasteiger partial charge in [0.25, 0.3) is 0 Å². The van der Waals surface area contributed by atoms with Gasteiger partial charge in [-0.25, -0.2) is 4.79 Å². The van der Waals surface area contributed by atoms with Crippen molar-refractivity contribution in [2.75, 3.05) is 20.1 Å². The van der Waals surface area contributed by atoms with Gasteiger partial charge in [-0.1, -0.05) is 15.9 Å². The second kappa shape index (κ2) is 6.30. The predicted octanol–water partition coefficient (Wildman–Crippen LogP) is 2.74. The van der Waals surface area contributed by atoms with Gasteiger partial charge in [-0.15, -0.1) is 0 Å². The van der Waals surface area contributed by atoms with Crippen LogP contribution in [0.1, 0.15) is 18.4 Å². The fourth-order valence-corrected chi connectivity index (χ4v) is 3.28. The van der Waals surface area contributed by atoms with Gasteiger partial charge in [0.2, 0.25) is 0 Å². The Labute approximate surface area is 132 Å². The molecule has 21 heavy (non-hydrogen) atoms. The molecule has 1 aliphatic heterocycles. The molecule has 0 bridgehead atoms. The zero-order valence-corrected chi connectivity index (χ0v) is 13.6. The molecule has 0 aliphatic carbocycles. The van der Waals surface area contributed by atoms with Gasteiger partial charge in [0, 0.05) is 35.1 Å². The Bertz CT molecular complexity index is 692. The number of benzene rings is 1. The van der Waals surface area contributed by atoms with Gasteiger partial charge in [-0.2, -0.15) is 0 Å². The highest BCUT2D eigenvalue weighted by Gasteiger charge is 2.18. The summed E-state index contributed by atoms with van der Waals surface area (Å²) in [4.78, 5) is 14.1. The largest absolute Gasteiger partial charge is 0.423 e. The van der Waals surface area contributed by atoms with Crippen molar-refractivity contribution < 1.29 is 4.42 Å². The van der Waals surface area contributed by atoms with E-state index in [1.165, 1.54) is 12.8 Å². The summed E-state index contributed by atoms with van der Waals surface area (Å²) in [5.74, 6) is 0. The van der Waals surface area contributed by atoms with E-state index in [9.17, 15) is 4.79 Å². The zero-order valence-electron chi connectivity index (χ0n) is 12.1. The SMILES string of the molecule is CN(Cc1cc(=O)oc2cc(Br)ccc12)C1CCCNC1. The first-order valence-electron chi connectivity index (χ1n) is 7.27. The molecule has 0 radical (unpaired) electrons. The van der Waals surface area contributed by atoms with Crippen LogP contribution in [0, 0.1) is 0 Å². The van der Waals surface area contributed by atoms with Crippen molar-refractivity contribution in [2.24, 2.45) is 0 Å². The van der Waals surface area contributed by atoms with Crippen LogP contribution in [0.25, 0.3) is 11.0 Å². The van der Waals surface area contributed by atoms with Crippen LogP contribution in [0.15, 0.2) is 37.9 Å². The molecule has 1 aromatic carbocycles. The lowest BCUT2D eigenvalue weighted by Gasteiger charge is -2.31. The first-order valence-corrected chi connectivity index (χ1v) is 8.06. The van der Waals surface area contributed by atoms with Gasteiger partial charge in [-0.05, 0) is 50.2 Å². The molecular weight excluding hydrogens is 332 g/mol. The van der Waals surface area contributed by atoms with Crippen molar-refractivity contribution in [3.05, 3.63) is 44.7 Å². The third-order valence-corrected chi connectivity index (χ3v) is 4.60. The molecule has 1 aliphatic rings. The minimum absolute atomic E-state index is 0.286. The van der Waals surface area contributed by atoms with E-state index >= 15 is 0 Å². The maximum absolute atomic E-state index is 11.8. The number of hydrogen-bond donors (Lipinski definition) is 1. The Morgan fingerprint density at radius 2 is 2.29 bits per heavy atom. The molecule has 1 saturated heterocycles. The Kier molecular flexibility index (Phi) is 4.42. The Hall–Kier alpha value is -1.17. The van der Waals surface area contributed by atoms with Crippen LogP contribution in [0.4, 0.5) is 0 Å². The standard InChI is InChI=1S/C16H19BrN2O2/c1-19(13-3-2-6-18-9-13)10-11-7-16(20)21-15-8-12(17)4-5-14(11)15/h4-5,7-8,13,18H,2-3,6,9-10H2,1H3. The topological polar surface area (TPSA) is 45.5 Å². The highest BCUT2D eigenvalue weighted by Crippen LogP contribution is 2.23. The maximum atomic E-state index is 11.8. The molecule has 0 amide bonds. The number of likely N-dealkylation sites (N-methyl/N-ethyl adjacent to an activating group) is 1. The summed E-state index contributed by atoms with van der Waals surface area (Å²) in [6.45, 7) is 2.88. The van der Waals surface area contributed by atoms with E-state index in [2.05, 4.69) is 33.2 Å². The third kappa shape index (κ3) is 3.36. The van der Waals surface area contributed by atoms with Crippen molar-refractivity contribution in [3.63, 3.8) is 0 Å². The van der Waals surface area contributed by atoms with E-state index < -0.39 is 0 Å². The van der Waals surface area contributed by atoms with Crippen LogP contribution in [0.5, 0.6) is 0 Å². The zero-order chi connectivity index (χ0) is 14.8. The number of piperidine rings is 1. The number of nitrogens with one attached hydrogen (secondary N) is 1. The molecule has 2 heterocycles. The summed E-state index contributed by atoms with van der Waals surface area (Å²) in [6, 6.07) is 7.97. The number of nitrogens with zero attached hydrogens (tertiary/aromatic N) is 1. The lowest BCUT2D eigenvalue weighted by molar-refractivity contribution is 0.196. The maximum Gasteiger partial charge on any atom is 0.336 e. The number of fused-ring (bicyclic) bond motifs is 1. The van der Waals surface area contributed by atoms with Gasteiger partial charge in [-0.3, -0.25) is 4.90 Å². The van der Waals surface area contributed by atoms with E-state index in [0.29, 0.717) is 11.6 Å². The minimum atomic E-state index is -0.286. The molecule has 1 aromatic heterocycles. The van der Waals surface area contributed by atoms with E-state index in [0.717, 1.165) is 35.1 Å². The lowest BCUT2D eigenvalue weighted by Crippen LogP contribution is -2.43. The summed E-state index contributed by atoms with van der Waals surface area (Å²) >= 11 is 3.41. The molecule has 4 nitrogen and oxygen atoms in total. The lowest BCUT2D eigenvalue weighted by atomic mass is 10.0. The molecular formula is C16H19BrN2O2. The fraction of sp³-hybridized carbons (Fsp3) is 0.438. The Morgan fingerprint density at radius 1 is 1.43 bits per heavy atom. The predicted molar refractivity (Wildman–Crippen MR) is 87.5 cm³/mol. The second-order valence-corrected chi connectivity index (χ2v) is 6.56.